The lowest BCUT2D eigenvalue weighted by Crippen LogP contribution is -2.85. The third-order valence-electron chi connectivity index (χ3n) is 13.6. The predicted octanol–water partition coefficient (Wildman–Crippen LogP) is 1.37. The van der Waals surface area contributed by atoms with E-state index in [1.165, 1.54) is 41.5 Å². The maximum atomic E-state index is 13.2. The molecule has 11 atom stereocenters. The average molecular weight is 792 g/mol. The van der Waals surface area contributed by atoms with Crippen molar-refractivity contribution in [2.24, 2.45) is 16.2 Å². The van der Waals surface area contributed by atoms with Crippen LogP contribution in [0.2, 0.25) is 0 Å². The fourth-order valence-electron chi connectivity index (χ4n) is 8.81. The third-order valence-corrected chi connectivity index (χ3v) is 15.1. The predicted molar refractivity (Wildman–Crippen MR) is 204 cm³/mol. The zero-order valence-electron chi connectivity index (χ0n) is 34.3. The number of hydrogen-bond donors (Lipinski definition) is 9. The fraction of sp³-hybridized carbons (Fsp3) is 0.921. The molecule has 0 aromatic heterocycles. The molecule has 0 aromatic carbocycles. The molecule has 3 aliphatic rings. The topological polar surface area (TPSA) is 236 Å². The highest BCUT2D eigenvalue weighted by molar-refractivity contribution is 8.00. The SMILES string of the molecule is CC(=O)NC(C)(C(C)(CO)COCC1(C)OC(C)(CO)[C@](C)(O)C(C)(O)C1(C)O)[C@](C)(COC(=O)CCCCC1SC[C@@H]2NC(=O)N[C@H]12)CC(C)(C)CO. The number of hydrogen-bond acceptors (Lipinski definition) is 13. The lowest BCUT2D eigenvalue weighted by Gasteiger charge is -2.65. The highest BCUT2D eigenvalue weighted by Gasteiger charge is 2.74. The molecule has 3 fully saturated rings. The Balaban J connectivity index is 1.83. The van der Waals surface area contributed by atoms with Gasteiger partial charge in [0.2, 0.25) is 5.91 Å². The molecule has 3 aliphatic heterocycles. The van der Waals surface area contributed by atoms with Gasteiger partial charge >= 0.3 is 12.0 Å². The zero-order valence-corrected chi connectivity index (χ0v) is 35.1. The van der Waals surface area contributed by atoms with Gasteiger partial charge in [-0.3, -0.25) is 9.59 Å². The highest BCUT2D eigenvalue weighted by atomic mass is 32.2. The van der Waals surface area contributed by atoms with Crippen LogP contribution in [0.3, 0.4) is 0 Å². The molecule has 16 heteroatoms. The summed E-state index contributed by atoms with van der Waals surface area (Å²) in [4.78, 5) is 37.9. The van der Waals surface area contributed by atoms with Gasteiger partial charge in [0.25, 0.3) is 0 Å². The lowest BCUT2D eigenvalue weighted by atomic mass is 9.54. The minimum Gasteiger partial charge on any atom is -0.465 e. The molecule has 3 heterocycles. The normalized spacial score (nSPS) is 37.3. The largest absolute Gasteiger partial charge is 0.465 e. The minimum atomic E-state index is -2.19. The molecule has 0 saturated carbocycles. The van der Waals surface area contributed by atoms with E-state index in [1.807, 2.05) is 32.5 Å². The Morgan fingerprint density at radius 1 is 0.889 bits per heavy atom. The van der Waals surface area contributed by atoms with Crippen LogP contribution in [-0.4, -0.2) is 145 Å². The molecule has 3 saturated heterocycles. The molecule has 0 aromatic rings. The summed E-state index contributed by atoms with van der Waals surface area (Å²) in [6, 6.07) is 0.0671. The molecule has 9 N–H and O–H groups in total. The first kappa shape index (κ1) is 46.6. The first-order valence-electron chi connectivity index (χ1n) is 19.0. The summed E-state index contributed by atoms with van der Waals surface area (Å²) in [6.45, 7) is 14.9. The molecule has 3 rings (SSSR count). The molecule has 54 heavy (non-hydrogen) atoms. The van der Waals surface area contributed by atoms with Gasteiger partial charge in [-0.25, -0.2) is 4.79 Å². The smallest absolute Gasteiger partial charge is 0.315 e. The van der Waals surface area contributed by atoms with Gasteiger partial charge in [0, 0.05) is 41.8 Å². The van der Waals surface area contributed by atoms with Crippen LogP contribution in [0, 0.1) is 16.2 Å². The molecule has 0 bridgehead atoms. The van der Waals surface area contributed by atoms with E-state index in [4.69, 9.17) is 14.2 Å². The van der Waals surface area contributed by atoms with Crippen molar-refractivity contribution in [1.29, 1.82) is 0 Å². The van der Waals surface area contributed by atoms with Crippen LogP contribution in [0.15, 0.2) is 0 Å². The van der Waals surface area contributed by atoms with Gasteiger partial charge in [0.1, 0.15) is 28.0 Å². The zero-order chi connectivity index (χ0) is 41.4. The molecule has 7 unspecified atom stereocenters. The number of thioether (sulfide) groups is 1. The number of ether oxygens (including phenoxy) is 3. The van der Waals surface area contributed by atoms with E-state index in [2.05, 4.69) is 16.0 Å². The Hall–Kier alpha value is -1.76. The summed E-state index contributed by atoms with van der Waals surface area (Å²) in [6.07, 6.45) is 2.61. The van der Waals surface area contributed by atoms with Gasteiger partial charge in [0.15, 0.2) is 0 Å². The van der Waals surface area contributed by atoms with E-state index in [9.17, 15) is 45.0 Å². The second kappa shape index (κ2) is 16.2. The van der Waals surface area contributed by atoms with Crippen molar-refractivity contribution in [3.05, 3.63) is 0 Å². The number of esters is 1. The van der Waals surface area contributed by atoms with E-state index in [0.29, 0.717) is 6.42 Å². The number of unbranched alkanes of at least 4 members (excludes halogenated alkanes) is 1. The number of amides is 3. The van der Waals surface area contributed by atoms with Crippen LogP contribution in [-0.2, 0) is 23.8 Å². The van der Waals surface area contributed by atoms with Gasteiger partial charge in [0.05, 0.1) is 50.7 Å². The molecule has 0 radical (unpaired) electrons. The van der Waals surface area contributed by atoms with Crippen molar-refractivity contribution in [2.75, 3.05) is 45.4 Å². The van der Waals surface area contributed by atoms with Crippen molar-refractivity contribution in [2.45, 2.75) is 159 Å². The third kappa shape index (κ3) is 8.43. The van der Waals surface area contributed by atoms with Crippen LogP contribution in [0.25, 0.3) is 0 Å². The van der Waals surface area contributed by atoms with Crippen LogP contribution in [0.1, 0.15) is 108 Å². The van der Waals surface area contributed by atoms with Crippen LogP contribution in [0.4, 0.5) is 4.79 Å². The summed E-state index contributed by atoms with van der Waals surface area (Å²) < 4.78 is 18.4. The first-order valence-corrected chi connectivity index (χ1v) is 20.0. The van der Waals surface area contributed by atoms with Crippen LogP contribution in [0.5, 0.6) is 0 Å². The van der Waals surface area contributed by atoms with E-state index >= 15 is 0 Å². The molecule has 3 amide bonds. The summed E-state index contributed by atoms with van der Waals surface area (Å²) >= 11 is 1.81. The van der Waals surface area contributed by atoms with Crippen LogP contribution >= 0.6 is 11.8 Å². The molecule has 15 nitrogen and oxygen atoms in total. The second-order valence-electron chi connectivity index (χ2n) is 18.5. The summed E-state index contributed by atoms with van der Waals surface area (Å²) in [5, 5.41) is 75.6. The number of aliphatic hydroxyl groups excluding tert-OH is 3. The number of nitrogens with one attached hydrogen (secondary N) is 3. The van der Waals surface area contributed by atoms with E-state index in [1.54, 1.807) is 13.8 Å². The number of rotatable bonds is 19. The summed E-state index contributed by atoms with van der Waals surface area (Å²) in [5.41, 5.74) is -14.3. The van der Waals surface area contributed by atoms with Crippen molar-refractivity contribution in [3.63, 3.8) is 0 Å². The number of carbonyl (C=O) groups excluding carboxylic acids is 3. The monoisotopic (exact) mass is 791 g/mol. The Morgan fingerprint density at radius 3 is 2.06 bits per heavy atom. The van der Waals surface area contributed by atoms with E-state index in [0.717, 1.165) is 18.6 Å². The maximum Gasteiger partial charge on any atom is 0.315 e. The van der Waals surface area contributed by atoms with Crippen molar-refractivity contribution < 1.29 is 59.2 Å². The Morgan fingerprint density at radius 2 is 1.50 bits per heavy atom. The number of fused-ring (bicyclic) bond motifs is 1. The van der Waals surface area contributed by atoms with Gasteiger partial charge in [-0.05, 0) is 66.2 Å². The Labute approximate surface area is 325 Å². The van der Waals surface area contributed by atoms with Crippen molar-refractivity contribution in [3.8, 4) is 0 Å². The number of aliphatic hydroxyl groups is 6. The maximum absolute atomic E-state index is 13.2. The van der Waals surface area contributed by atoms with Crippen molar-refractivity contribution in [1.82, 2.24) is 16.0 Å². The number of carbonyl (C=O) groups is 3. The quantitative estimate of drug-likeness (QED) is 0.0512. The molecule has 0 spiro atoms. The van der Waals surface area contributed by atoms with Gasteiger partial charge in [-0.15, -0.1) is 0 Å². The van der Waals surface area contributed by atoms with E-state index in [-0.39, 0.29) is 62.6 Å². The molecule has 314 valence electrons. The Bertz CT molecular complexity index is 1360. The van der Waals surface area contributed by atoms with Crippen molar-refractivity contribution >= 4 is 29.7 Å². The molecular formula is C38H69N3O12S. The van der Waals surface area contributed by atoms with Gasteiger partial charge in [-0.2, -0.15) is 11.8 Å². The minimum absolute atomic E-state index is 0.0829. The first-order chi connectivity index (χ1) is 24.6. The standard InChI is InChI=1S/C38H69N3O12S/c1-24(45)41-35(8,32(5,19-43)21-51-23-34(7)37(10,49)38(11,50)36(9,48)33(6,20-44)53-34)31(4,17-30(2,3)18-42)22-52-27(46)15-13-12-14-26-28-25(16-54-26)39-29(47)40-28/h25-26,28,42-44,48-50H,12-23H2,1-11H3,(H,41,45)(H2,39,40,47)/t25-,26?,28-,31-,32?,33?,34?,35?,36-,37?,38?/m0/s1. The van der Waals surface area contributed by atoms with Gasteiger partial charge in [-0.1, -0.05) is 34.1 Å². The second-order valence-corrected chi connectivity index (χ2v) is 19.8. The summed E-state index contributed by atoms with van der Waals surface area (Å²) in [7, 11) is 0. The Kier molecular flexibility index (Phi) is 14.0. The van der Waals surface area contributed by atoms with Crippen LogP contribution < -0.4 is 16.0 Å². The number of urea groups is 1. The molecule has 0 aliphatic carbocycles. The van der Waals surface area contributed by atoms with E-state index < -0.39 is 74.9 Å². The molecular weight excluding hydrogens is 722 g/mol. The van der Waals surface area contributed by atoms with Gasteiger partial charge < -0.3 is 60.8 Å². The fourth-order valence-corrected chi connectivity index (χ4v) is 10.4. The average Bonchev–Trinajstić information content (AvgIpc) is 3.62. The lowest BCUT2D eigenvalue weighted by molar-refractivity contribution is -0.408. The highest BCUT2D eigenvalue weighted by Crippen LogP contribution is 2.54. The summed E-state index contributed by atoms with van der Waals surface area (Å²) in [5.74, 6) is 0.00803.